The van der Waals surface area contributed by atoms with Gasteiger partial charge in [-0.2, -0.15) is 0 Å². The molecule has 1 aliphatic heterocycles. The highest BCUT2D eigenvalue weighted by Gasteiger charge is 2.29. The molecule has 7 heteroatoms. The van der Waals surface area contributed by atoms with Gasteiger partial charge in [0.15, 0.2) is 0 Å². The van der Waals surface area contributed by atoms with Crippen LogP contribution in [0.5, 0.6) is 0 Å². The standard InChI is InChI=1S/C25H25N5O2/c26-24(31)23-19-9-4-5-10-20(19)30(25-27-11-6-12-28-25)22(23)17-21(18-7-2-1-3-8-18)29-13-15-32-16-14-29/h1-12,21H,13-17H2,(H2,26,31). The molecule has 0 radical (unpaired) electrons. The molecule has 162 valence electrons. The number of benzene rings is 2. The number of amides is 1. The number of fused-ring (bicyclic) bond motifs is 1. The van der Waals surface area contributed by atoms with Crippen molar-refractivity contribution < 1.29 is 9.53 Å². The summed E-state index contributed by atoms with van der Waals surface area (Å²) in [5.41, 5.74) is 9.35. The van der Waals surface area contributed by atoms with Gasteiger partial charge in [-0.15, -0.1) is 0 Å². The van der Waals surface area contributed by atoms with E-state index in [1.807, 2.05) is 47.0 Å². The number of carbonyl (C=O) groups excluding carboxylic acids is 1. The number of carbonyl (C=O) groups is 1. The van der Waals surface area contributed by atoms with Crippen molar-refractivity contribution in [2.24, 2.45) is 5.73 Å². The largest absolute Gasteiger partial charge is 0.379 e. The first-order chi connectivity index (χ1) is 15.7. The fraction of sp³-hybridized carbons (Fsp3) is 0.240. The van der Waals surface area contributed by atoms with Crippen LogP contribution in [0.4, 0.5) is 0 Å². The maximum Gasteiger partial charge on any atom is 0.251 e. The third-order valence-corrected chi connectivity index (χ3v) is 6.03. The van der Waals surface area contributed by atoms with Crippen LogP contribution in [0.25, 0.3) is 16.9 Å². The van der Waals surface area contributed by atoms with Gasteiger partial charge in [0.1, 0.15) is 0 Å². The molecule has 2 N–H and O–H groups in total. The van der Waals surface area contributed by atoms with Crippen molar-refractivity contribution in [1.29, 1.82) is 0 Å². The molecule has 0 saturated carbocycles. The number of hydrogen-bond donors (Lipinski definition) is 1. The van der Waals surface area contributed by atoms with Gasteiger partial charge < -0.3 is 10.5 Å². The molecule has 1 saturated heterocycles. The molecular weight excluding hydrogens is 402 g/mol. The Labute approximate surface area is 186 Å². The van der Waals surface area contributed by atoms with Crippen molar-refractivity contribution in [1.82, 2.24) is 19.4 Å². The molecule has 2 aromatic heterocycles. The third-order valence-electron chi connectivity index (χ3n) is 6.03. The van der Waals surface area contributed by atoms with E-state index in [-0.39, 0.29) is 6.04 Å². The molecule has 0 bridgehead atoms. The Bertz CT molecular complexity index is 1220. The summed E-state index contributed by atoms with van der Waals surface area (Å²) in [5.74, 6) is 0.0830. The summed E-state index contributed by atoms with van der Waals surface area (Å²) < 4.78 is 7.58. The zero-order valence-electron chi connectivity index (χ0n) is 17.7. The minimum Gasteiger partial charge on any atom is -0.379 e. The number of para-hydroxylation sites is 1. The number of rotatable bonds is 6. The van der Waals surface area contributed by atoms with E-state index >= 15 is 0 Å². The first-order valence-corrected chi connectivity index (χ1v) is 10.8. The first-order valence-electron chi connectivity index (χ1n) is 10.8. The van der Waals surface area contributed by atoms with E-state index in [1.165, 1.54) is 5.56 Å². The van der Waals surface area contributed by atoms with Gasteiger partial charge in [-0.3, -0.25) is 14.3 Å². The van der Waals surface area contributed by atoms with E-state index in [9.17, 15) is 4.79 Å². The van der Waals surface area contributed by atoms with Gasteiger partial charge in [0.2, 0.25) is 5.95 Å². The lowest BCUT2D eigenvalue weighted by Crippen LogP contribution is -2.40. The fourth-order valence-corrected chi connectivity index (χ4v) is 4.60. The lowest BCUT2D eigenvalue weighted by molar-refractivity contribution is 0.0158. The number of hydrogen-bond acceptors (Lipinski definition) is 5. The van der Waals surface area contributed by atoms with E-state index in [1.54, 1.807) is 18.5 Å². The van der Waals surface area contributed by atoms with Crippen molar-refractivity contribution in [3.05, 3.63) is 89.9 Å². The molecule has 0 aliphatic carbocycles. The Balaban J connectivity index is 1.71. The summed E-state index contributed by atoms with van der Waals surface area (Å²) >= 11 is 0. The molecule has 1 aliphatic rings. The van der Waals surface area contributed by atoms with Crippen molar-refractivity contribution >= 4 is 16.8 Å². The molecule has 1 unspecified atom stereocenters. The van der Waals surface area contributed by atoms with Crippen LogP contribution in [-0.4, -0.2) is 51.6 Å². The second kappa shape index (κ2) is 8.90. The first kappa shape index (κ1) is 20.4. The molecule has 2 aromatic carbocycles. The van der Waals surface area contributed by atoms with Gasteiger partial charge in [0.05, 0.1) is 24.3 Å². The Morgan fingerprint density at radius 1 is 0.969 bits per heavy atom. The van der Waals surface area contributed by atoms with Crippen molar-refractivity contribution in [2.45, 2.75) is 12.5 Å². The van der Waals surface area contributed by atoms with Crippen LogP contribution in [0.1, 0.15) is 27.7 Å². The molecule has 1 atom stereocenters. The molecule has 7 nitrogen and oxygen atoms in total. The van der Waals surface area contributed by atoms with Crippen LogP contribution in [0.3, 0.4) is 0 Å². The van der Waals surface area contributed by atoms with Crippen LogP contribution in [0.15, 0.2) is 73.1 Å². The zero-order valence-corrected chi connectivity index (χ0v) is 17.7. The van der Waals surface area contributed by atoms with Crippen LogP contribution >= 0.6 is 0 Å². The lowest BCUT2D eigenvalue weighted by Gasteiger charge is -2.35. The molecule has 3 heterocycles. The van der Waals surface area contributed by atoms with Crippen LogP contribution in [-0.2, 0) is 11.2 Å². The molecule has 1 fully saturated rings. The monoisotopic (exact) mass is 427 g/mol. The molecular formula is C25H25N5O2. The number of nitrogens with zero attached hydrogens (tertiary/aromatic N) is 4. The second-order valence-electron chi connectivity index (χ2n) is 7.87. The van der Waals surface area contributed by atoms with Crippen LogP contribution in [0, 0.1) is 0 Å². The minimum absolute atomic E-state index is 0.0602. The van der Waals surface area contributed by atoms with Crippen molar-refractivity contribution in [3.8, 4) is 5.95 Å². The summed E-state index contributed by atoms with van der Waals surface area (Å²) in [6.07, 6.45) is 4.01. The molecule has 32 heavy (non-hydrogen) atoms. The van der Waals surface area contributed by atoms with Crippen LogP contribution < -0.4 is 5.73 Å². The van der Waals surface area contributed by atoms with Gasteiger partial charge in [0.25, 0.3) is 5.91 Å². The summed E-state index contributed by atoms with van der Waals surface area (Å²) in [4.78, 5) is 24.1. The van der Waals surface area contributed by atoms with Gasteiger partial charge in [-0.05, 0) is 17.7 Å². The fourth-order valence-electron chi connectivity index (χ4n) is 4.60. The predicted octanol–water partition coefficient (Wildman–Crippen LogP) is 3.14. The number of aromatic nitrogens is 3. The molecule has 1 amide bonds. The molecule has 0 spiro atoms. The van der Waals surface area contributed by atoms with Gasteiger partial charge in [0, 0.05) is 49.0 Å². The number of primary amides is 1. The van der Waals surface area contributed by atoms with Gasteiger partial charge in [-0.25, -0.2) is 9.97 Å². The van der Waals surface area contributed by atoms with Crippen LogP contribution in [0.2, 0.25) is 0 Å². The van der Waals surface area contributed by atoms with E-state index in [0.29, 0.717) is 31.1 Å². The normalized spacial score (nSPS) is 15.6. The maximum atomic E-state index is 12.7. The number of ether oxygens (including phenoxy) is 1. The Morgan fingerprint density at radius 2 is 1.66 bits per heavy atom. The number of nitrogens with two attached hydrogens (primary N) is 1. The molecule has 5 rings (SSSR count). The summed E-state index contributed by atoms with van der Waals surface area (Å²) in [7, 11) is 0. The smallest absolute Gasteiger partial charge is 0.251 e. The van der Waals surface area contributed by atoms with E-state index in [4.69, 9.17) is 10.5 Å². The second-order valence-corrected chi connectivity index (χ2v) is 7.87. The quantitative estimate of drug-likeness (QED) is 0.511. The zero-order chi connectivity index (χ0) is 21.9. The predicted molar refractivity (Wildman–Crippen MR) is 123 cm³/mol. The van der Waals surface area contributed by atoms with Crippen molar-refractivity contribution in [2.75, 3.05) is 26.3 Å². The highest BCUT2D eigenvalue weighted by molar-refractivity contribution is 6.08. The third kappa shape index (κ3) is 3.77. The Hall–Kier alpha value is -3.55. The SMILES string of the molecule is NC(=O)c1c(CC(c2ccccc2)N2CCOCC2)n(-c2ncccn2)c2ccccc12. The van der Waals surface area contributed by atoms with Crippen molar-refractivity contribution in [3.63, 3.8) is 0 Å². The average Bonchev–Trinajstić information content (AvgIpc) is 3.18. The highest BCUT2D eigenvalue weighted by atomic mass is 16.5. The van der Waals surface area contributed by atoms with E-state index in [2.05, 4.69) is 27.0 Å². The van der Waals surface area contributed by atoms with E-state index in [0.717, 1.165) is 29.7 Å². The average molecular weight is 428 g/mol. The van der Waals surface area contributed by atoms with Gasteiger partial charge >= 0.3 is 0 Å². The minimum atomic E-state index is -0.445. The van der Waals surface area contributed by atoms with Gasteiger partial charge in [-0.1, -0.05) is 48.5 Å². The Morgan fingerprint density at radius 3 is 2.38 bits per heavy atom. The lowest BCUT2D eigenvalue weighted by atomic mass is 9.97. The Kier molecular flexibility index (Phi) is 5.66. The number of morpholine rings is 1. The molecule has 4 aromatic rings. The van der Waals surface area contributed by atoms with E-state index < -0.39 is 5.91 Å². The summed E-state index contributed by atoms with van der Waals surface area (Å²) in [6.45, 7) is 3.04. The maximum absolute atomic E-state index is 12.7. The summed E-state index contributed by atoms with van der Waals surface area (Å²) in [5, 5.41) is 0.816. The topological polar surface area (TPSA) is 86.3 Å². The highest BCUT2D eigenvalue weighted by Crippen LogP contribution is 2.34. The summed E-state index contributed by atoms with van der Waals surface area (Å²) in [6, 6.07) is 20.0.